The van der Waals surface area contributed by atoms with Gasteiger partial charge in [-0.3, -0.25) is 4.57 Å². The largest absolute Gasteiger partial charge is 0.495 e. The van der Waals surface area contributed by atoms with Crippen molar-refractivity contribution in [3.05, 3.63) is 54.1 Å². The van der Waals surface area contributed by atoms with E-state index in [1.807, 2.05) is 28.8 Å². The molecule has 0 saturated heterocycles. The summed E-state index contributed by atoms with van der Waals surface area (Å²) in [4.78, 5) is 4.55. The molecular formula is C16H14ClFN2O. The van der Waals surface area contributed by atoms with E-state index in [2.05, 4.69) is 4.98 Å². The fourth-order valence-electron chi connectivity index (χ4n) is 2.43. The summed E-state index contributed by atoms with van der Waals surface area (Å²) >= 11 is 5.87. The van der Waals surface area contributed by atoms with Gasteiger partial charge in [-0.25, -0.2) is 9.37 Å². The quantitative estimate of drug-likeness (QED) is 0.682. The fraction of sp³-hybridized carbons (Fsp3) is 0.188. The van der Waals surface area contributed by atoms with Crippen LogP contribution in [0.15, 0.2) is 42.5 Å². The molecule has 5 heteroatoms. The molecule has 0 saturated carbocycles. The molecule has 0 aliphatic carbocycles. The van der Waals surface area contributed by atoms with E-state index in [0.29, 0.717) is 23.6 Å². The molecule has 3 aromatic rings. The van der Waals surface area contributed by atoms with Crippen LogP contribution in [0.3, 0.4) is 0 Å². The Morgan fingerprint density at radius 2 is 2.05 bits per heavy atom. The number of para-hydroxylation sites is 2. The van der Waals surface area contributed by atoms with E-state index < -0.39 is 0 Å². The summed E-state index contributed by atoms with van der Waals surface area (Å²) < 4.78 is 20.9. The minimum Gasteiger partial charge on any atom is -0.495 e. The van der Waals surface area contributed by atoms with Crippen molar-refractivity contribution in [2.24, 2.45) is 0 Å². The lowest BCUT2D eigenvalue weighted by atomic mass is 10.2. The number of benzene rings is 2. The molecule has 0 fully saturated rings. The van der Waals surface area contributed by atoms with Gasteiger partial charge in [-0.1, -0.05) is 12.1 Å². The van der Waals surface area contributed by atoms with Crippen LogP contribution in [0.25, 0.3) is 16.7 Å². The van der Waals surface area contributed by atoms with E-state index in [-0.39, 0.29) is 5.82 Å². The topological polar surface area (TPSA) is 27.1 Å². The van der Waals surface area contributed by atoms with E-state index in [9.17, 15) is 4.39 Å². The molecule has 3 nitrogen and oxygen atoms in total. The third-order valence-corrected chi connectivity index (χ3v) is 3.52. The van der Waals surface area contributed by atoms with Crippen molar-refractivity contribution >= 4 is 22.6 Å². The first-order valence-corrected chi connectivity index (χ1v) is 7.14. The highest BCUT2D eigenvalue weighted by Crippen LogP contribution is 2.29. The zero-order valence-corrected chi connectivity index (χ0v) is 12.3. The molecular weight excluding hydrogens is 291 g/mol. The number of halogens is 2. The maximum atomic E-state index is 13.6. The molecule has 1 aromatic heterocycles. The maximum absolute atomic E-state index is 13.6. The van der Waals surface area contributed by atoms with Crippen molar-refractivity contribution in [2.75, 3.05) is 13.0 Å². The van der Waals surface area contributed by atoms with Crippen molar-refractivity contribution in [3.8, 4) is 11.4 Å². The first-order chi connectivity index (χ1) is 10.2. The molecule has 0 radical (unpaired) electrons. The summed E-state index contributed by atoms with van der Waals surface area (Å²) in [7, 11) is 1.61. The summed E-state index contributed by atoms with van der Waals surface area (Å²) in [6.07, 6.45) is 0.593. The maximum Gasteiger partial charge on any atom is 0.142 e. The number of methoxy groups -OCH3 is 1. The Morgan fingerprint density at radius 3 is 2.81 bits per heavy atom. The average Bonchev–Trinajstić information content (AvgIpc) is 2.84. The Hall–Kier alpha value is -2.07. The number of hydrogen-bond acceptors (Lipinski definition) is 2. The van der Waals surface area contributed by atoms with Gasteiger partial charge in [0, 0.05) is 18.4 Å². The second-order valence-corrected chi connectivity index (χ2v) is 4.99. The molecule has 0 aliphatic rings. The number of fused-ring (bicyclic) bond motifs is 1. The minimum atomic E-state index is -0.295. The van der Waals surface area contributed by atoms with E-state index in [1.54, 1.807) is 13.2 Å². The number of aryl methyl sites for hydroxylation is 1. The van der Waals surface area contributed by atoms with Crippen LogP contribution in [-0.4, -0.2) is 22.5 Å². The standard InChI is InChI=1S/C16H14ClFN2O/c1-21-15-5-3-2-4-13(15)20-14-10-11(18)6-7-12(14)19-16(20)8-9-17/h2-7,10H,8-9H2,1H3. The van der Waals surface area contributed by atoms with Crippen LogP contribution in [0.1, 0.15) is 5.82 Å². The van der Waals surface area contributed by atoms with E-state index >= 15 is 0 Å². The molecule has 1 heterocycles. The van der Waals surface area contributed by atoms with Crippen LogP contribution < -0.4 is 4.74 Å². The van der Waals surface area contributed by atoms with E-state index in [4.69, 9.17) is 16.3 Å². The second-order valence-electron chi connectivity index (χ2n) is 4.61. The summed E-state index contributed by atoms with van der Waals surface area (Å²) in [6.45, 7) is 0. The Labute approximate surface area is 126 Å². The van der Waals surface area contributed by atoms with Crippen LogP contribution in [0, 0.1) is 5.82 Å². The number of hydrogen-bond donors (Lipinski definition) is 0. The number of ether oxygens (including phenoxy) is 1. The summed E-state index contributed by atoms with van der Waals surface area (Å²) in [5.74, 6) is 1.64. The zero-order chi connectivity index (χ0) is 14.8. The molecule has 0 spiro atoms. The minimum absolute atomic E-state index is 0.295. The number of rotatable bonds is 4. The van der Waals surface area contributed by atoms with Crippen molar-refractivity contribution in [2.45, 2.75) is 6.42 Å². The monoisotopic (exact) mass is 304 g/mol. The molecule has 0 amide bonds. The fourth-order valence-corrected chi connectivity index (χ4v) is 2.60. The van der Waals surface area contributed by atoms with Gasteiger partial charge < -0.3 is 4.74 Å². The molecule has 0 aliphatic heterocycles. The lowest BCUT2D eigenvalue weighted by molar-refractivity contribution is 0.413. The predicted molar refractivity (Wildman–Crippen MR) is 82.0 cm³/mol. The van der Waals surface area contributed by atoms with Gasteiger partial charge in [0.2, 0.25) is 0 Å². The van der Waals surface area contributed by atoms with Crippen molar-refractivity contribution < 1.29 is 9.13 Å². The smallest absolute Gasteiger partial charge is 0.142 e. The molecule has 3 rings (SSSR count). The number of aromatic nitrogens is 2. The van der Waals surface area contributed by atoms with Crippen LogP contribution in [0.4, 0.5) is 4.39 Å². The first kappa shape index (κ1) is 13.9. The van der Waals surface area contributed by atoms with Crippen molar-refractivity contribution in [1.82, 2.24) is 9.55 Å². The number of imidazole rings is 1. The van der Waals surface area contributed by atoms with Gasteiger partial charge in [0.25, 0.3) is 0 Å². The van der Waals surface area contributed by atoms with Crippen LogP contribution in [-0.2, 0) is 6.42 Å². The predicted octanol–water partition coefficient (Wildman–Crippen LogP) is 3.95. The number of alkyl halides is 1. The Bertz CT molecular complexity index is 785. The van der Waals surface area contributed by atoms with Crippen LogP contribution in [0.5, 0.6) is 5.75 Å². The Morgan fingerprint density at radius 1 is 1.24 bits per heavy atom. The SMILES string of the molecule is COc1ccccc1-n1c(CCCl)nc2ccc(F)cc21. The van der Waals surface area contributed by atoms with Gasteiger partial charge >= 0.3 is 0 Å². The molecule has 0 unspecified atom stereocenters. The highest BCUT2D eigenvalue weighted by Gasteiger charge is 2.15. The highest BCUT2D eigenvalue weighted by atomic mass is 35.5. The highest BCUT2D eigenvalue weighted by molar-refractivity contribution is 6.17. The third kappa shape index (κ3) is 2.47. The van der Waals surface area contributed by atoms with E-state index in [0.717, 1.165) is 17.0 Å². The van der Waals surface area contributed by atoms with Gasteiger partial charge in [-0.15, -0.1) is 11.6 Å². The lowest BCUT2D eigenvalue weighted by Crippen LogP contribution is -2.04. The van der Waals surface area contributed by atoms with Gasteiger partial charge in [0.15, 0.2) is 0 Å². The summed E-state index contributed by atoms with van der Waals surface area (Å²) in [5, 5.41) is 0. The lowest BCUT2D eigenvalue weighted by Gasteiger charge is -2.12. The van der Waals surface area contributed by atoms with E-state index in [1.165, 1.54) is 12.1 Å². The van der Waals surface area contributed by atoms with Crippen molar-refractivity contribution in [3.63, 3.8) is 0 Å². The van der Waals surface area contributed by atoms with Gasteiger partial charge in [0.05, 0.1) is 23.8 Å². The van der Waals surface area contributed by atoms with Gasteiger partial charge in [-0.2, -0.15) is 0 Å². The average molecular weight is 305 g/mol. The number of nitrogens with zero attached hydrogens (tertiary/aromatic N) is 2. The van der Waals surface area contributed by atoms with Crippen LogP contribution in [0.2, 0.25) is 0 Å². The summed E-state index contributed by atoms with van der Waals surface area (Å²) in [6, 6.07) is 12.2. The summed E-state index contributed by atoms with van der Waals surface area (Å²) in [5.41, 5.74) is 2.27. The molecule has 0 bridgehead atoms. The second kappa shape index (κ2) is 5.74. The Kier molecular flexibility index (Phi) is 3.80. The van der Waals surface area contributed by atoms with Crippen LogP contribution >= 0.6 is 11.6 Å². The van der Waals surface area contributed by atoms with Crippen molar-refractivity contribution in [1.29, 1.82) is 0 Å². The molecule has 2 aromatic carbocycles. The molecule has 0 atom stereocenters. The Balaban J connectivity index is 2.32. The van der Waals surface area contributed by atoms with Gasteiger partial charge in [0.1, 0.15) is 17.4 Å². The third-order valence-electron chi connectivity index (χ3n) is 3.33. The molecule has 0 N–H and O–H groups in total. The molecule has 108 valence electrons. The normalized spacial score (nSPS) is 11.0. The van der Waals surface area contributed by atoms with Gasteiger partial charge in [-0.05, 0) is 24.3 Å². The molecule has 21 heavy (non-hydrogen) atoms. The zero-order valence-electron chi connectivity index (χ0n) is 11.5. The first-order valence-electron chi connectivity index (χ1n) is 6.61.